The molecule has 9 heteroatoms. The van der Waals surface area contributed by atoms with Crippen molar-refractivity contribution in [3.63, 3.8) is 0 Å². The molecule has 180 valence electrons. The Morgan fingerprint density at radius 2 is 1.50 bits per heavy atom. The van der Waals surface area contributed by atoms with Crippen molar-refractivity contribution in [3.05, 3.63) is 64.8 Å². The van der Waals surface area contributed by atoms with E-state index in [2.05, 4.69) is 15.3 Å². The third-order valence-corrected chi connectivity index (χ3v) is 8.18. The normalized spacial score (nSPS) is 14.8. The van der Waals surface area contributed by atoms with Gasteiger partial charge in [0.25, 0.3) is 0 Å². The molecule has 4 rings (SSSR count). The molecule has 0 atom stereocenters. The molecule has 0 unspecified atom stereocenters. The molecule has 8 nitrogen and oxygen atoms in total. The van der Waals surface area contributed by atoms with Crippen molar-refractivity contribution >= 4 is 27.5 Å². The zero-order valence-electron chi connectivity index (χ0n) is 20.3. The summed E-state index contributed by atoms with van der Waals surface area (Å²) in [6.45, 7) is 9.53. The number of nitrogens with zero attached hydrogens (tertiary/aromatic N) is 4. The van der Waals surface area contributed by atoms with Gasteiger partial charge < -0.3 is 15.0 Å². The van der Waals surface area contributed by atoms with Gasteiger partial charge in [0.15, 0.2) is 0 Å². The van der Waals surface area contributed by atoms with Gasteiger partial charge in [-0.25, -0.2) is 13.4 Å². The van der Waals surface area contributed by atoms with Gasteiger partial charge in [-0.2, -0.15) is 9.29 Å². The van der Waals surface area contributed by atoms with Crippen molar-refractivity contribution in [1.82, 2.24) is 14.3 Å². The van der Waals surface area contributed by atoms with Crippen LogP contribution in [0.4, 0.5) is 17.5 Å². The number of rotatable bonds is 6. The van der Waals surface area contributed by atoms with Crippen molar-refractivity contribution in [3.8, 4) is 5.75 Å². The molecule has 1 aromatic heterocycles. The summed E-state index contributed by atoms with van der Waals surface area (Å²) in [4.78, 5) is 11.7. The summed E-state index contributed by atoms with van der Waals surface area (Å²) in [6.07, 6.45) is 0. The van der Waals surface area contributed by atoms with Crippen molar-refractivity contribution in [1.29, 1.82) is 0 Å². The second kappa shape index (κ2) is 9.60. The van der Waals surface area contributed by atoms with E-state index in [4.69, 9.17) is 4.74 Å². The van der Waals surface area contributed by atoms with Crippen LogP contribution >= 0.6 is 0 Å². The lowest BCUT2D eigenvalue weighted by molar-refractivity contribution is 0.382. The predicted octanol–water partition coefficient (Wildman–Crippen LogP) is 3.97. The van der Waals surface area contributed by atoms with Crippen LogP contribution < -0.4 is 15.0 Å². The van der Waals surface area contributed by atoms with Gasteiger partial charge in [-0.15, -0.1) is 0 Å². The Bertz CT molecular complexity index is 1280. The van der Waals surface area contributed by atoms with Gasteiger partial charge in [0.05, 0.1) is 12.0 Å². The predicted molar refractivity (Wildman–Crippen MR) is 135 cm³/mol. The summed E-state index contributed by atoms with van der Waals surface area (Å²) in [6, 6.07) is 13.2. The molecule has 1 saturated heterocycles. The Balaban J connectivity index is 1.48. The van der Waals surface area contributed by atoms with E-state index < -0.39 is 10.0 Å². The second-order valence-corrected chi connectivity index (χ2v) is 10.5. The molecule has 1 aliphatic rings. The van der Waals surface area contributed by atoms with Gasteiger partial charge in [0, 0.05) is 43.6 Å². The number of aromatic nitrogens is 2. The summed E-state index contributed by atoms with van der Waals surface area (Å²) in [5.74, 6) is 2.07. The van der Waals surface area contributed by atoms with Gasteiger partial charge in [-0.05, 0) is 74.7 Å². The fraction of sp³-hybridized carbons (Fsp3) is 0.360. The molecule has 3 aromatic rings. The van der Waals surface area contributed by atoms with E-state index in [0.717, 1.165) is 33.8 Å². The number of ether oxygens (including phenoxy) is 1. The third kappa shape index (κ3) is 5.00. The fourth-order valence-electron chi connectivity index (χ4n) is 4.06. The number of benzene rings is 2. The highest BCUT2D eigenvalue weighted by Crippen LogP contribution is 2.26. The van der Waals surface area contributed by atoms with E-state index in [1.54, 1.807) is 17.5 Å². The van der Waals surface area contributed by atoms with Crippen LogP contribution in [0.2, 0.25) is 0 Å². The molecular weight excluding hydrogens is 450 g/mol. The molecule has 0 aliphatic carbocycles. The average molecular weight is 482 g/mol. The van der Waals surface area contributed by atoms with Crippen LogP contribution in [0.1, 0.15) is 22.4 Å². The maximum Gasteiger partial charge on any atom is 0.243 e. The smallest absolute Gasteiger partial charge is 0.243 e. The van der Waals surface area contributed by atoms with E-state index in [1.165, 1.54) is 0 Å². The first-order valence-corrected chi connectivity index (χ1v) is 12.7. The molecule has 0 amide bonds. The summed E-state index contributed by atoms with van der Waals surface area (Å²) in [7, 11) is -1.92. The minimum atomic E-state index is -3.56. The van der Waals surface area contributed by atoms with Crippen LogP contribution in [-0.4, -0.2) is 56.0 Å². The Kier molecular flexibility index (Phi) is 6.77. The summed E-state index contributed by atoms with van der Waals surface area (Å²) in [5, 5.41) is 3.31. The summed E-state index contributed by atoms with van der Waals surface area (Å²) in [5.41, 5.74) is 4.58. The van der Waals surface area contributed by atoms with Crippen molar-refractivity contribution in [2.75, 3.05) is 43.5 Å². The number of hydrogen-bond donors (Lipinski definition) is 1. The number of nitrogens with one attached hydrogen (secondary N) is 1. The van der Waals surface area contributed by atoms with Crippen LogP contribution in [0.15, 0.2) is 47.4 Å². The number of piperazine rings is 1. The van der Waals surface area contributed by atoms with Crippen LogP contribution in [0, 0.1) is 27.7 Å². The van der Waals surface area contributed by atoms with Crippen molar-refractivity contribution in [2.45, 2.75) is 32.6 Å². The van der Waals surface area contributed by atoms with Crippen LogP contribution in [0.3, 0.4) is 0 Å². The minimum Gasteiger partial charge on any atom is -0.497 e. The molecule has 1 N–H and O–H groups in total. The molecule has 0 saturated carbocycles. The minimum absolute atomic E-state index is 0.382. The molecule has 0 radical (unpaired) electrons. The van der Waals surface area contributed by atoms with Crippen molar-refractivity contribution in [2.24, 2.45) is 0 Å². The highest BCUT2D eigenvalue weighted by Gasteiger charge is 2.30. The third-order valence-electron chi connectivity index (χ3n) is 6.14. The van der Waals surface area contributed by atoms with Gasteiger partial charge in [-0.3, -0.25) is 0 Å². The first kappa shape index (κ1) is 24.0. The van der Waals surface area contributed by atoms with Crippen LogP contribution in [0.25, 0.3) is 0 Å². The number of sulfonamides is 1. The Morgan fingerprint density at radius 3 is 2.15 bits per heavy atom. The van der Waals surface area contributed by atoms with E-state index >= 15 is 0 Å². The zero-order chi connectivity index (χ0) is 24.5. The lowest BCUT2D eigenvalue weighted by Gasteiger charge is -2.34. The number of hydrogen-bond acceptors (Lipinski definition) is 7. The molecule has 34 heavy (non-hydrogen) atoms. The van der Waals surface area contributed by atoms with E-state index in [-0.39, 0.29) is 0 Å². The fourth-order valence-corrected chi connectivity index (χ4v) is 5.77. The van der Waals surface area contributed by atoms with Crippen molar-refractivity contribution < 1.29 is 13.2 Å². The Morgan fingerprint density at radius 1 is 0.853 bits per heavy atom. The first-order valence-electron chi connectivity index (χ1n) is 11.3. The lowest BCUT2D eigenvalue weighted by atomic mass is 10.1. The SMILES string of the molecule is COc1ccc(Nc2cc(C)nc(N3CCN(S(=O)(=O)c4cc(C)c(C)cc4C)CC3)n2)cc1. The largest absolute Gasteiger partial charge is 0.497 e. The number of anilines is 3. The molecule has 0 spiro atoms. The molecular formula is C25H31N5O3S. The highest BCUT2D eigenvalue weighted by molar-refractivity contribution is 7.89. The number of aryl methyl sites for hydroxylation is 4. The van der Waals surface area contributed by atoms with E-state index in [1.807, 2.05) is 69.0 Å². The lowest BCUT2D eigenvalue weighted by Crippen LogP contribution is -2.49. The summed E-state index contributed by atoms with van der Waals surface area (Å²) < 4.78 is 33.4. The van der Waals surface area contributed by atoms with Gasteiger partial charge >= 0.3 is 0 Å². The number of methoxy groups -OCH3 is 1. The topological polar surface area (TPSA) is 87.7 Å². The summed E-state index contributed by atoms with van der Waals surface area (Å²) >= 11 is 0. The second-order valence-electron chi connectivity index (χ2n) is 8.64. The van der Waals surface area contributed by atoms with Gasteiger partial charge in [-0.1, -0.05) is 6.07 Å². The molecule has 0 bridgehead atoms. The highest BCUT2D eigenvalue weighted by atomic mass is 32.2. The van der Waals surface area contributed by atoms with Gasteiger partial charge in [0.2, 0.25) is 16.0 Å². The quantitative estimate of drug-likeness (QED) is 0.570. The maximum absolute atomic E-state index is 13.3. The molecule has 2 aromatic carbocycles. The molecule has 1 aliphatic heterocycles. The maximum atomic E-state index is 13.3. The van der Waals surface area contributed by atoms with E-state index in [0.29, 0.717) is 42.8 Å². The zero-order valence-corrected chi connectivity index (χ0v) is 21.1. The van der Waals surface area contributed by atoms with Gasteiger partial charge in [0.1, 0.15) is 11.6 Å². The monoisotopic (exact) mass is 481 g/mol. The van der Waals surface area contributed by atoms with Crippen LogP contribution in [-0.2, 0) is 10.0 Å². The Hall–Kier alpha value is -3.17. The molecule has 2 heterocycles. The molecule has 1 fully saturated rings. The standard InChI is InChI=1S/C25H31N5O3S/c1-17-14-19(3)23(15-18(17)2)34(31,32)30-12-10-29(11-13-30)25-26-20(4)16-24(28-25)27-21-6-8-22(33-5)9-7-21/h6-9,14-16H,10-13H2,1-5H3,(H,26,27,28). The van der Waals surface area contributed by atoms with Crippen LogP contribution in [0.5, 0.6) is 5.75 Å². The average Bonchev–Trinajstić information content (AvgIpc) is 2.81. The van der Waals surface area contributed by atoms with E-state index in [9.17, 15) is 8.42 Å². The Labute approximate surface area is 201 Å². The first-order chi connectivity index (χ1) is 16.2.